The summed E-state index contributed by atoms with van der Waals surface area (Å²) in [6.07, 6.45) is 1.99. The third kappa shape index (κ3) is 2.13. The van der Waals surface area contributed by atoms with E-state index in [0.29, 0.717) is 12.1 Å². The molecule has 17 heavy (non-hydrogen) atoms. The molecule has 2 rings (SSSR count). The summed E-state index contributed by atoms with van der Waals surface area (Å²) < 4.78 is 0. The average molecular weight is 234 g/mol. The van der Waals surface area contributed by atoms with Gasteiger partial charge in [0.1, 0.15) is 0 Å². The summed E-state index contributed by atoms with van der Waals surface area (Å²) in [6, 6.07) is 4.51. The molecule has 0 unspecified atom stereocenters. The molecule has 0 aromatic heterocycles. The summed E-state index contributed by atoms with van der Waals surface area (Å²) in [5.41, 5.74) is 1.35. The third-order valence-corrected chi connectivity index (χ3v) is 2.96. The number of nitro benzene ring substituents is 1. The number of hydrogen-bond acceptors (Lipinski definition) is 3. The molecule has 0 saturated carbocycles. The van der Waals surface area contributed by atoms with E-state index in [1.54, 1.807) is 11.0 Å². The molecule has 0 saturated heterocycles. The summed E-state index contributed by atoms with van der Waals surface area (Å²) in [7, 11) is 0. The van der Waals surface area contributed by atoms with E-state index in [0.717, 1.165) is 24.9 Å². The predicted molar refractivity (Wildman–Crippen MR) is 62.7 cm³/mol. The fraction of sp³-hybridized carbons (Fsp3) is 0.417. The van der Waals surface area contributed by atoms with Crippen molar-refractivity contribution in [2.24, 2.45) is 0 Å². The number of benzene rings is 1. The van der Waals surface area contributed by atoms with Crippen LogP contribution < -0.4 is 0 Å². The van der Waals surface area contributed by atoms with Gasteiger partial charge in [0, 0.05) is 25.2 Å². The number of hydrogen-bond donors (Lipinski definition) is 0. The molecule has 5 nitrogen and oxygen atoms in total. The molecule has 0 radical (unpaired) electrons. The van der Waals surface area contributed by atoms with Crippen LogP contribution in [-0.2, 0) is 6.54 Å². The molecule has 0 aliphatic carbocycles. The molecule has 5 heteroatoms. The molecule has 1 amide bonds. The normalized spacial score (nSPS) is 13.9. The monoisotopic (exact) mass is 234 g/mol. The van der Waals surface area contributed by atoms with E-state index in [1.807, 2.05) is 0 Å². The molecule has 1 aromatic rings. The maximum absolute atomic E-state index is 12.0. The van der Waals surface area contributed by atoms with Crippen LogP contribution >= 0.6 is 0 Å². The third-order valence-electron chi connectivity index (χ3n) is 2.96. The van der Waals surface area contributed by atoms with Crippen molar-refractivity contribution >= 4 is 11.6 Å². The SMILES string of the molecule is CCCCN1Cc2ccc([N+](=O)[O-])cc2C1=O. The van der Waals surface area contributed by atoms with Crippen molar-refractivity contribution in [2.45, 2.75) is 26.3 Å². The molecular weight excluding hydrogens is 220 g/mol. The number of fused-ring (bicyclic) bond motifs is 1. The van der Waals surface area contributed by atoms with Crippen LogP contribution in [0.3, 0.4) is 0 Å². The maximum Gasteiger partial charge on any atom is 0.270 e. The zero-order valence-electron chi connectivity index (χ0n) is 9.68. The van der Waals surface area contributed by atoms with Gasteiger partial charge < -0.3 is 4.90 Å². The van der Waals surface area contributed by atoms with E-state index in [4.69, 9.17) is 0 Å². The standard InChI is InChI=1S/C12H14N2O3/c1-2-3-6-13-8-9-4-5-10(14(16)17)7-11(9)12(13)15/h4-5,7H,2-3,6,8H2,1H3. The van der Waals surface area contributed by atoms with Crippen LogP contribution in [0.15, 0.2) is 18.2 Å². The lowest BCUT2D eigenvalue weighted by molar-refractivity contribution is -0.384. The van der Waals surface area contributed by atoms with Crippen molar-refractivity contribution in [3.05, 3.63) is 39.4 Å². The molecule has 1 aliphatic rings. The van der Waals surface area contributed by atoms with Crippen molar-refractivity contribution < 1.29 is 9.72 Å². The topological polar surface area (TPSA) is 63.4 Å². The second kappa shape index (κ2) is 4.53. The first-order chi connectivity index (χ1) is 8.13. The van der Waals surface area contributed by atoms with Crippen LogP contribution in [-0.4, -0.2) is 22.3 Å². The number of carbonyl (C=O) groups excluding carboxylic acids is 1. The Balaban J connectivity index is 2.23. The first-order valence-electron chi connectivity index (χ1n) is 5.70. The lowest BCUT2D eigenvalue weighted by Gasteiger charge is -2.14. The molecule has 1 aliphatic heterocycles. The van der Waals surface area contributed by atoms with Gasteiger partial charge in [0.25, 0.3) is 11.6 Å². The van der Waals surface area contributed by atoms with Crippen LogP contribution in [0.25, 0.3) is 0 Å². The first kappa shape index (κ1) is 11.6. The Kier molecular flexibility index (Phi) is 3.08. The smallest absolute Gasteiger partial charge is 0.270 e. The van der Waals surface area contributed by atoms with E-state index in [9.17, 15) is 14.9 Å². The number of unbranched alkanes of at least 4 members (excludes halogenated alkanes) is 1. The minimum Gasteiger partial charge on any atom is -0.334 e. The Labute approximate surface area is 99.2 Å². The molecule has 0 spiro atoms. The number of rotatable bonds is 4. The first-order valence-corrected chi connectivity index (χ1v) is 5.70. The van der Waals surface area contributed by atoms with Gasteiger partial charge in [-0.3, -0.25) is 14.9 Å². The molecule has 0 atom stereocenters. The number of amides is 1. The van der Waals surface area contributed by atoms with Gasteiger partial charge in [-0.05, 0) is 18.1 Å². The van der Waals surface area contributed by atoms with Gasteiger partial charge in [-0.2, -0.15) is 0 Å². The Morgan fingerprint density at radius 1 is 1.47 bits per heavy atom. The second-order valence-corrected chi connectivity index (χ2v) is 4.18. The Morgan fingerprint density at radius 3 is 2.88 bits per heavy atom. The van der Waals surface area contributed by atoms with Gasteiger partial charge in [0.15, 0.2) is 0 Å². The van der Waals surface area contributed by atoms with Crippen LogP contribution in [0.5, 0.6) is 0 Å². The van der Waals surface area contributed by atoms with Crippen molar-refractivity contribution in [2.75, 3.05) is 6.54 Å². The summed E-state index contributed by atoms with van der Waals surface area (Å²) in [5.74, 6) is -0.0860. The zero-order chi connectivity index (χ0) is 12.4. The molecule has 0 fully saturated rings. The van der Waals surface area contributed by atoms with E-state index in [1.165, 1.54) is 12.1 Å². The highest BCUT2D eigenvalue weighted by Crippen LogP contribution is 2.26. The van der Waals surface area contributed by atoms with E-state index >= 15 is 0 Å². The lowest BCUT2D eigenvalue weighted by Crippen LogP contribution is -2.24. The highest BCUT2D eigenvalue weighted by Gasteiger charge is 2.28. The number of nitro groups is 1. The van der Waals surface area contributed by atoms with Crippen molar-refractivity contribution in [3.8, 4) is 0 Å². The molecule has 1 aromatic carbocycles. The van der Waals surface area contributed by atoms with Crippen LogP contribution in [0, 0.1) is 10.1 Å². The molecule has 0 bridgehead atoms. The highest BCUT2D eigenvalue weighted by atomic mass is 16.6. The maximum atomic E-state index is 12.0. The van der Waals surface area contributed by atoms with Gasteiger partial charge in [-0.25, -0.2) is 0 Å². The van der Waals surface area contributed by atoms with Crippen LogP contribution in [0.1, 0.15) is 35.7 Å². The van der Waals surface area contributed by atoms with E-state index in [-0.39, 0.29) is 11.6 Å². The lowest BCUT2D eigenvalue weighted by atomic mass is 10.1. The Morgan fingerprint density at radius 2 is 2.24 bits per heavy atom. The van der Waals surface area contributed by atoms with Crippen molar-refractivity contribution in [1.29, 1.82) is 0 Å². The molecule has 90 valence electrons. The van der Waals surface area contributed by atoms with Gasteiger partial charge in [-0.15, -0.1) is 0 Å². The number of carbonyl (C=O) groups is 1. The summed E-state index contributed by atoms with van der Waals surface area (Å²) in [4.78, 5) is 23.9. The summed E-state index contributed by atoms with van der Waals surface area (Å²) >= 11 is 0. The molecular formula is C12H14N2O3. The largest absolute Gasteiger partial charge is 0.334 e. The minimum absolute atomic E-state index is 0.0190. The fourth-order valence-corrected chi connectivity index (χ4v) is 1.99. The van der Waals surface area contributed by atoms with Crippen LogP contribution in [0.2, 0.25) is 0 Å². The van der Waals surface area contributed by atoms with Gasteiger partial charge >= 0.3 is 0 Å². The van der Waals surface area contributed by atoms with Gasteiger partial charge in [-0.1, -0.05) is 13.3 Å². The van der Waals surface area contributed by atoms with Crippen molar-refractivity contribution in [3.63, 3.8) is 0 Å². The van der Waals surface area contributed by atoms with Crippen LogP contribution in [0.4, 0.5) is 5.69 Å². The summed E-state index contributed by atoms with van der Waals surface area (Å²) in [6.45, 7) is 3.36. The molecule has 1 heterocycles. The van der Waals surface area contributed by atoms with Gasteiger partial charge in [0.05, 0.1) is 10.5 Å². The Hall–Kier alpha value is -1.91. The predicted octanol–water partition coefficient (Wildman–Crippen LogP) is 2.35. The fourth-order valence-electron chi connectivity index (χ4n) is 1.99. The number of non-ortho nitro benzene ring substituents is 1. The van der Waals surface area contributed by atoms with Gasteiger partial charge in [0.2, 0.25) is 0 Å². The van der Waals surface area contributed by atoms with Crippen molar-refractivity contribution in [1.82, 2.24) is 4.90 Å². The quantitative estimate of drug-likeness (QED) is 0.593. The zero-order valence-corrected chi connectivity index (χ0v) is 9.68. The van der Waals surface area contributed by atoms with E-state index in [2.05, 4.69) is 6.92 Å². The number of nitrogens with zero attached hydrogens (tertiary/aromatic N) is 2. The van der Waals surface area contributed by atoms with E-state index < -0.39 is 4.92 Å². The average Bonchev–Trinajstić information content (AvgIpc) is 2.63. The Bertz CT molecular complexity index is 471. The summed E-state index contributed by atoms with van der Waals surface area (Å²) in [5, 5.41) is 10.6. The minimum atomic E-state index is -0.470. The molecule has 0 N–H and O–H groups in total. The highest BCUT2D eigenvalue weighted by molar-refractivity contribution is 5.98. The second-order valence-electron chi connectivity index (χ2n) is 4.18.